The lowest BCUT2D eigenvalue weighted by Gasteiger charge is -2.14. The van der Waals surface area contributed by atoms with Gasteiger partial charge in [-0.25, -0.2) is 9.59 Å². The Morgan fingerprint density at radius 1 is 0.692 bits per heavy atom. The molecule has 2 N–H and O–H groups in total. The van der Waals surface area contributed by atoms with Crippen molar-refractivity contribution in [3.8, 4) is 0 Å². The average Bonchev–Trinajstić information content (AvgIpc) is 2.85. The molecule has 39 heavy (non-hydrogen) atoms. The van der Waals surface area contributed by atoms with Crippen molar-refractivity contribution in [1.29, 1.82) is 0 Å². The fourth-order valence-electron chi connectivity index (χ4n) is 3.67. The number of anilines is 2. The maximum Gasteiger partial charge on any atom is 0.416 e. The number of benzene rings is 3. The molecule has 3 aromatic carbocycles. The van der Waals surface area contributed by atoms with Crippen molar-refractivity contribution in [3.05, 3.63) is 94.5 Å². The van der Waals surface area contributed by atoms with Crippen LogP contribution in [0.3, 0.4) is 0 Å². The van der Waals surface area contributed by atoms with Gasteiger partial charge in [0, 0.05) is 24.2 Å². The van der Waals surface area contributed by atoms with Gasteiger partial charge in [-0.05, 0) is 47.9 Å². The minimum atomic E-state index is -4.53. The molecule has 0 unspecified atom stereocenters. The molecule has 0 saturated heterocycles. The Morgan fingerprint density at radius 3 is 1.64 bits per heavy atom. The summed E-state index contributed by atoms with van der Waals surface area (Å²) in [5.74, 6) is 0. The minimum Gasteiger partial charge on any atom is -0.449 e. The smallest absolute Gasteiger partial charge is 0.416 e. The summed E-state index contributed by atoms with van der Waals surface area (Å²) in [7, 11) is 0. The molecule has 208 valence electrons. The number of hydrogen-bond acceptors (Lipinski definition) is 4. The molecule has 2 amide bonds. The van der Waals surface area contributed by atoms with Crippen molar-refractivity contribution in [3.63, 3.8) is 0 Å². The summed E-state index contributed by atoms with van der Waals surface area (Å²) in [5.41, 5.74) is -0.569. The molecule has 0 bridgehead atoms. The maximum absolute atomic E-state index is 13.1. The van der Waals surface area contributed by atoms with Crippen LogP contribution < -0.4 is 10.6 Å². The third-order valence-electron chi connectivity index (χ3n) is 5.58. The molecule has 0 aromatic heterocycles. The van der Waals surface area contributed by atoms with Gasteiger partial charge in [0.15, 0.2) is 0 Å². The monoisotopic (exact) mass is 554 g/mol. The quantitative estimate of drug-likeness (QED) is 0.281. The second-order valence-corrected chi connectivity index (χ2v) is 8.36. The zero-order valence-corrected chi connectivity index (χ0v) is 20.6. The summed E-state index contributed by atoms with van der Waals surface area (Å²) in [4.78, 5) is 24.3. The van der Waals surface area contributed by atoms with Gasteiger partial charge in [0.05, 0.1) is 24.3 Å². The van der Waals surface area contributed by atoms with Crippen molar-refractivity contribution in [2.75, 3.05) is 23.8 Å². The minimum absolute atomic E-state index is 0.0133. The standard InChI is InChI=1S/C27H24F6N2O4/c1-17-10-11-20(34-24(36)38-14-12-18-6-2-4-8-21(18)26(28,29)30)16-23(17)35-25(37)39-15-13-19-7-3-5-9-22(19)27(31,32)33/h2-11,16H,12-15H2,1H3,(H,34,36)(H,35,37). The number of ether oxygens (including phenoxy) is 2. The number of halogens is 6. The maximum atomic E-state index is 13.1. The Balaban J connectivity index is 1.51. The summed E-state index contributed by atoms with van der Waals surface area (Å²) in [6, 6.07) is 14.4. The Bertz CT molecular complexity index is 1310. The van der Waals surface area contributed by atoms with E-state index in [1.165, 1.54) is 48.5 Å². The van der Waals surface area contributed by atoms with E-state index >= 15 is 0 Å². The second kappa shape index (κ2) is 12.5. The molecule has 0 aliphatic carbocycles. The van der Waals surface area contributed by atoms with Crippen LogP contribution in [0.4, 0.5) is 47.3 Å². The van der Waals surface area contributed by atoms with Crippen LogP contribution >= 0.6 is 0 Å². The lowest BCUT2D eigenvalue weighted by molar-refractivity contribution is -0.139. The van der Waals surface area contributed by atoms with Crippen LogP contribution in [0.1, 0.15) is 27.8 Å². The summed E-state index contributed by atoms with van der Waals surface area (Å²) >= 11 is 0. The number of aryl methyl sites for hydroxylation is 1. The van der Waals surface area contributed by atoms with Crippen LogP contribution in [-0.2, 0) is 34.7 Å². The van der Waals surface area contributed by atoms with E-state index in [4.69, 9.17) is 9.47 Å². The molecule has 0 atom stereocenters. The van der Waals surface area contributed by atoms with Gasteiger partial charge in [-0.2, -0.15) is 26.3 Å². The Kier molecular flexibility index (Phi) is 9.44. The van der Waals surface area contributed by atoms with E-state index in [2.05, 4.69) is 10.6 Å². The predicted octanol–water partition coefficient (Wildman–Crippen LogP) is 7.62. The highest BCUT2D eigenvalue weighted by molar-refractivity contribution is 5.89. The summed E-state index contributed by atoms with van der Waals surface area (Å²) in [6.45, 7) is 1.05. The first-order valence-corrected chi connectivity index (χ1v) is 11.6. The molecule has 0 saturated carbocycles. The van der Waals surface area contributed by atoms with E-state index in [0.29, 0.717) is 5.56 Å². The van der Waals surface area contributed by atoms with Gasteiger partial charge < -0.3 is 9.47 Å². The van der Waals surface area contributed by atoms with Crippen LogP contribution in [-0.4, -0.2) is 25.4 Å². The van der Waals surface area contributed by atoms with Crippen molar-refractivity contribution in [2.24, 2.45) is 0 Å². The van der Waals surface area contributed by atoms with Crippen molar-refractivity contribution >= 4 is 23.6 Å². The number of hydrogen-bond donors (Lipinski definition) is 2. The lowest BCUT2D eigenvalue weighted by atomic mass is 10.0. The van der Waals surface area contributed by atoms with E-state index in [0.717, 1.165) is 12.1 Å². The Morgan fingerprint density at radius 2 is 1.15 bits per heavy atom. The van der Waals surface area contributed by atoms with Crippen molar-refractivity contribution < 1.29 is 45.4 Å². The summed E-state index contributed by atoms with van der Waals surface area (Å²) < 4.78 is 88.6. The number of alkyl halides is 6. The molecule has 0 aliphatic heterocycles. The zero-order chi connectivity index (χ0) is 28.6. The first-order valence-electron chi connectivity index (χ1n) is 11.6. The van der Waals surface area contributed by atoms with E-state index in [1.54, 1.807) is 13.0 Å². The fourth-order valence-corrected chi connectivity index (χ4v) is 3.67. The van der Waals surface area contributed by atoms with Crippen LogP contribution in [0.15, 0.2) is 66.7 Å². The first-order chi connectivity index (χ1) is 18.3. The highest BCUT2D eigenvalue weighted by atomic mass is 19.4. The Labute approximate surface area is 219 Å². The highest BCUT2D eigenvalue weighted by Gasteiger charge is 2.33. The zero-order valence-electron chi connectivity index (χ0n) is 20.6. The molecular weight excluding hydrogens is 530 g/mol. The molecule has 0 aliphatic rings. The molecule has 0 fully saturated rings. The molecule has 0 spiro atoms. The fraction of sp³-hybridized carbons (Fsp3) is 0.259. The second-order valence-electron chi connectivity index (χ2n) is 8.36. The van der Waals surface area contributed by atoms with Gasteiger partial charge >= 0.3 is 24.5 Å². The summed E-state index contributed by atoms with van der Waals surface area (Å²) in [5, 5.41) is 4.87. The van der Waals surface area contributed by atoms with Gasteiger partial charge in [-0.3, -0.25) is 10.6 Å². The number of rotatable bonds is 8. The van der Waals surface area contributed by atoms with Crippen LogP contribution in [0.5, 0.6) is 0 Å². The number of carbonyl (C=O) groups excluding carboxylic acids is 2. The predicted molar refractivity (Wildman–Crippen MR) is 131 cm³/mol. The van der Waals surface area contributed by atoms with Crippen LogP contribution in [0.2, 0.25) is 0 Å². The van der Waals surface area contributed by atoms with Crippen LogP contribution in [0.25, 0.3) is 0 Å². The Hall–Kier alpha value is -4.22. The van der Waals surface area contributed by atoms with Crippen molar-refractivity contribution in [2.45, 2.75) is 32.1 Å². The lowest BCUT2D eigenvalue weighted by Crippen LogP contribution is -2.18. The summed E-state index contributed by atoms with van der Waals surface area (Å²) in [6.07, 6.45) is -11.2. The number of amides is 2. The van der Waals surface area contributed by atoms with E-state index < -0.39 is 35.7 Å². The largest absolute Gasteiger partial charge is 0.449 e. The normalized spacial score (nSPS) is 11.6. The molecule has 12 heteroatoms. The van der Waals surface area contributed by atoms with Gasteiger partial charge in [-0.15, -0.1) is 0 Å². The third kappa shape index (κ3) is 8.66. The van der Waals surface area contributed by atoms with Crippen molar-refractivity contribution in [1.82, 2.24) is 0 Å². The SMILES string of the molecule is Cc1ccc(NC(=O)OCCc2ccccc2C(F)(F)F)cc1NC(=O)OCCc1ccccc1C(F)(F)F. The van der Waals surface area contributed by atoms with Gasteiger partial charge in [0.2, 0.25) is 0 Å². The average molecular weight is 554 g/mol. The molecule has 3 rings (SSSR count). The first kappa shape index (κ1) is 29.3. The number of carbonyl (C=O) groups is 2. The van der Waals surface area contributed by atoms with Gasteiger partial charge in [0.25, 0.3) is 0 Å². The van der Waals surface area contributed by atoms with Crippen LogP contribution in [0, 0.1) is 6.92 Å². The number of nitrogens with one attached hydrogen (secondary N) is 2. The van der Waals surface area contributed by atoms with E-state index in [1.807, 2.05) is 0 Å². The third-order valence-corrected chi connectivity index (χ3v) is 5.58. The molecular formula is C27H24F6N2O4. The highest BCUT2D eigenvalue weighted by Crippen LogP contribution is 2.33. The van der Waals surface area contributed by atoms with Gasteiger partial charge in [0.1, 0.15) is 0 Å². The molecule has 3 aromatic rings. The molecule has 0 heterocycles. The molecule has 6 nitrogen and oxygen atoms in total. The van der Waals surface area contributed by atoms with Gasteiger partial charge in [-0.1, -0.05) is 42.5 Å². The van der Waals surface area contributed by atoms with E-state index in [9.17, 15) is 35.9 Å². The molecule has 0 radical (unpaired) electrons. The topological polar surface area (TPSA) is 76.7 Å². The van der Waals surface area contributed by atoms with E-state index in [-0.39, 0.29) is 48.6 Å².